The smallest absolute Gasteiger partial charge is 0.234 e. The Labute approximate surface area is 122 Å². The number of carbonyl (C=O) groups is 1. The molecule has 0 spiro atoms. The van der Waals surface area contributed by atoms with E-state index in [1.807, 2.05) is 18.2 Å². The molecule has 4 nitrogen and oxygen atoms in total. The number of amides is 1. The molecule has 1 aliphatic carbocycles. The quantitative estimate of drug-likeness (QED) is 0.856. The van der Waals surface area contributed by atoms with Crippen LogP contribution in [-0.4, -0.2) is 23.5 Å². The molecule has 1 aliphatic rings. The summed E-state index contributed by atoms with van der Waals surface area (Å²) < 4.78 is 0. The van der Waals surface area contributed by atoms with Gasteiger partial charge in [-0.2, -0.15) is 0 Å². The number of benzene rings is 1. The number of hydrogen-bond acceptors (Lipinski definition) is 4. The molecule has 3 rings (SSSR count). The summed E-state index contributed by atoms with van der Waals surface area (Å²) >= 11 is 1.62. The third-order valence-corrected chi connectivity index (χ3v) is 3.97. The van der Waals surface area contributed by atoms with Gasteiger partial charge in [-0.25, -0.2) is 4.98 Å². The minimum Gasteiger partial charge on any atom is -0.352 e. The Morgan fingerprint density at radius 2 is 2.10 bits per heavy atom. The molecule has 5 heteroatoms. The second-order valence-electron chi connectivity index (χ2n) is 4.94. The maximum Gasteiger partial charge on any atom is 0.234 e. The van der Waals surface area contributed by atoms with Crippen LogP contribution in [0, 0.1) is 0 Å². The highest BCUT2D eigenvalue weighted by Crippen LogP contribution is 2.21. The van der Waals surface area contributed by atoms with Crippen molar-refractivity contribution in [2.24, 2.45) is 0 Å². The SMILES string of the molecule is O=C(CNCc1nc(-c2ccccc2)cs1)NC1CC1. The zero-order valence-corrected chi connectivity index (χ0v) is 12.0. The van der Waals surface area contributed by atoms with Gasteiger partial charge in [0.25, 0.3) is 0 Å². The maximum absolute atomic E-state index is 11.5. The van der Waals surface area contributed by atoms with Crippen molar-refractivity contribution >= 4 is 17.2 Å². The summed E-state index contributed by atoms with van der Waals surface area (Å²) in [5, 5.41) is 9.14. The van der Waals surface area contributed by atoms with E-state index in [2.05, 4.69) is 33.1 Å². The van der Waals surface area contributed by atoms with Gasteiger partial charge in [0.15, 0.2) is 0 Å². The summed E-state index contributed by atoms with van der Waals surface area (Å²) in [6, 6.07) is 10.5. The molecule has 1 fully saturated rings. The van der Waals surface area contributed by atoms with E-state index < -0.39 is 0 Å². The Bertz CT molecular complexity index is 578. The lowest BCUT2D eigenvalue weighted by Gasteiger charge is -2.03. The average molecular weight is 287 g/mol. The first kappa shape index (κ1) is 13.3. The Balaban J connectivity index is 1.48. The summed E-state index contributed by atoms with van der Waals surface area (Å²) in [6.07, 6.45) is 2.25. The molecule has 1 aromatic heterocycles. The zero-order valence-electron chi connectivity index (χ0n) is 11.1. The molecular formula is C15H17N3OS. The van der Waals surface area contributed by atoms with Crippen LogP contribution in [0.5, 0.6) is 0 Å². The first-order valence-electron chi connectivity index (χ1n) is 6.81. The molecule has 0 atom stereocenters. The molecule has 20 heavy (non-hydrogen) atoms. The van der Waals surface area contributed by atoms with Gasteiger partial charge in [0.1, 0.15) is 5.01 Å². The van der Waals surface area contributed by atoms with Gasteiger partial charge in [0.05, 0.1) is 12.2 Å². The Hall–Kier alpha value is -1.72. The van der Waals surface area contributed by atoms with Gasteiger partial charge in [-0.05, 0) is 12.8 Å². The van der Waals surface area contributed by atoms with E-state index >= 15 is 0 Å². The van der Waals surface area contributed by atoms with Crippen molar-refractivity contribution in [2.75, 3.05) is 6.54 Å². The van der Waals surface area contributed by atoms with Crippen LogP contribution >= 0.6 is 11.3 Å². The fraction of sp³-hybridized carbons (Fsp3) is 0.333. The van der Waals surface area contributed by atoms with Crippen LogP contribution in [-0.2, 0) is 11.3 Å². The highest BCUT2D eigenvalue weighted by atomic mass is 32.1. The number of rotatable bonds is 6. The lowest BCUT2D eigenvalue weighted by molar-refractivity contribution is -0.120. The molecule has 0 saturated heterocycles. The van der Waals surface area contributed by atoms with Gasteiger partial charge in [-0.3, -0.25) is 4.79 Å². The molecule has 2 N–H and O–H groups in total. The normalized spacial score (nSPS) is 14.2. The van der Waals surface area contributed by atoms with E-state index in [0.29, 0.717) is 19.1 Å². The van der Waals surface area contributed by atoms with Crippen LogP contribution in [0.3, 0.4) is 0 Å². The van der Waals surface area contributed by atoms with Gasteiger partial charge in [-0.1, -0.05) is 30.3 Å². The predicted octanol–water partition coefficient (Wildman–Crippen LogP) is 2.18. The summed E-state index contributed by atoms with van der Waals surface area (Å²) in [5.41, 5.74) is 2.12. The molecule has 0 aliphatic heterocycles. The van der Waals surface area contributed by atoms with Crippen molar-refractivity contribution in [1.82, 2.24) is 15.6 Å². The van der Waals surface area contributed by atoms with Gasteiger partial charge >= 0.3 is 0 Å². The van der Waals surface area contributed by atoms with Crippen molar-refractivity contribution in [3.05, 3.63) is 40.7 Å². The number of aromatic nitrogens is 1. The van der Waals surface area contributed by atoms with Crippen LogP contribution in [0.1, 0.15) is 17.8 Å². The van der Waals surface area contributed by atoms with Gasteiger partial charge < -0.3 is 10.6 Å². The molecule has 1 saturated carbocycles. The summed E-state index contributed by atoms with van der Waals surface area (Å²) in [6.45, 7) is 0.992. The van der Waals surface area contributed by atoms with Gasteiger partial charge in [0.2, 0.25) is 5.91 Å². The van der Waals surface area contributed by atoms with Gasteiger partial charge in [0, 0.05) is 23.5 Å². The van der Waals surface area contributed by atoms with E-state index in [9.17, 15) is 4.79 Å². The Morgan fingerprint density at radius 3 is 2.85 bits per heavy atom. The minimum atomic E-state index is 0.0762. The van der Waals surface area contributed by atoms with E-state index in [4.69, 9.17) is 0 Å². The van der Waals surface area contributed by atoms with Crippen molar-refractivity contribution in [3.8, 4) is 11.3 Å². The largest absolute Gasteiger partial charge is 0.352 e. The summed E-state index contributed by atoms with van der Waals surface area (Å²) in [4.78, 5) is 16.1. The van der Waals surface area contributed by atoms with E-state index in [1.54, 1.807) is 11.3 Å². The van der Waals surface area contributed by atoms with Crippen molar-refractivity contribution in [2.45, 2.75) is 25.4 Å². The molecular weight excluding hydrogens is 270 g/mol. The van der Waals surface area contributed by atoms with Crippen LogP contribution in [0.15, 0.2) is 35.7 Å². The second kappa shape index (κ2) is 6.15. The molecule has 2 aromatic rings. The summed E-state index contributed by atoms with van der Waals surface area (Å²) in [5.74, 6) is 0.0762. The van der Waals surface area contributed by atoms with Gasteiger partial charge in [-0.15, -0.1) is 11.3 Å². The first-order chi connectivity index (χ1) is 9.81. The molecule has 1 amide bonds. The number of nitrogens with one attached hydrogen (secondary N) is 2. The molecule has 0 radical (unpaired) electrons. The fourth-order valence-electron chi connectivity index (χ4n) is 1.92. The number of carbonyl (C=O) groups excluding carboxylic acids is 1. The molecule has 0 bridgehead atoms. The third kappa shape index (κ3) is 3.65. The highest BCUT2D eigenvalue weighted by Gasteiger charge is 2.22. The molecule has 1 heterocycles. The molecule has 1 aromatic carbocycles. The van der Waals surface area contributed by atoms with E-state index in [1.165, 1.54) is 0 Å². The zero-order chi connectivity index (χ0) is 13.8. The maximum atomic E-state index is 11.5. The minimum absolute atomic E-state index is 0.0762. The number of thiazole rings is 1. The first-order valence-corrected chi connectivity index (χ1v) is 7.69. The Morgan fingerprint density at radius 1 is 1.30 bits per heavy atom. The second-order valence-corrected chi connectivity index (χ2v) is 5.88. The van der Waals surface area contributed by atoms with Crippen molar-refractivity contribution in [1.29, 1.82) is 0 Å². The lowest BCUT2D eigenvalue weighted by atomic mass is 10.2. The van der Waals surface area contributed by atoms with Crippen LogP contribution < -0.4 is 10.6 Å². The Kier molecular flexibility index (Phi) is 4.08. The molecule has 0 unspecified atom stereocenters. The number of hydrogen-bond donors (Lipinski definition) is 2. The summed E-state index contributed by atoms with van der Waals surface area (Å²) in [7, 11) is 0. The average Bonchev–Trinajstić information content (AvgIpc) is 3.15. The predicted molar refractivity (Wildman–Crippen MR) is 80.4 cm³/mol. The standard InChI is InChI=1S/C15H17N3OS/c19-14(17-12-6-7-12)8-16-9-15-18-13(10-20-15)11-4-2-1-3-5-11/h1-5,10,12,16H,6-9H2,(H,17,19). The van der Waals surface area contributed by atoms with Crippen LogP contribution in [0.4, 0.5) is 0 Å². The van der Waals surface area contributed by atoms with Crippen molar-refractivity contribution < 1.29 is 4.79 Å². The fourth-order valence-corrected chi connectivity index (χ4v) is 2.70. The monoisotopic (exact) mass is 287 g/mol. The topological polar surface area (TPSA) is 54.0 Å². The van der Waals surface area contributed by atoms with E-state index in [-0.39, 0.29) is 5.91 Å². The lowest BCUT2D eigenvalue weighted by Crippen LogP contribution is -2.34. The van der Waals surface area contributed by atoms with Crippen LogP contribution in [0.2, 0.25) is 0 Å². The van der Waals surface area contributed by atoms with Crippen molar-refractivity contribution in [3.63, 3.8) is 0 Å². The van der Waals surface area contributed by atoms with E-state index in [0.717, 1.165) is 29.1 Å². The molecule has 104 valence electrons. The number of nitrogens with zero attached hydrogens (tertiary/aromatic N) is 1. The van der Waals surface area contributed by atoms with Crippen LogP contribution in [0.25, 0.3) is 11.3 Å². The highest BCUT2D eigenvalue weighted by molar-refractivity contribution is 7.09. The third-order valence-electron chi connectivity index (χ3n) is 3.13.